The molecule has 0 aliphatic carbocycles. The third-order valence-electron chi connectivity index (χ3n) is 3.37. The molecule has 0 unspecified atom stereocenters. The van der Waals surface area contributed by atoms with E-state index < -0.39 is 0 Å². The Morgan fingerprint density at radius 2 is 1.94 bits per heavy atom. The summed E-state index contributed by atoms with van der Waals surface area (Å²) in [5, 5.41) is 0. The molecule has 2 heteroatoms. The van der Waals surface area contributed by atoms with Gasteiger partial charge in [0.05, 0.1) is 5.69 Å². The zero-order valence-corrected chi connectivity index (χ0v) is 9.94. The molecule has 0 saturated carbocycles. The first kappa shape index (κ1) is 10.3. The van der Waals surface area contributed by atoms with Crippen LogP contribution in [0.5, 0.6) is 0 Å². The summed E-state index contributed by atoms with van der Waals surface area (Å²) in [6.07, 6.45) is 1.65. The van der Waals surface area contributed by atoms with Crippen LogP contribution in [0.3, 0.4) is 0 Å². The first-order chi connectivity index (χ1) is 8.25. The molecule has 17 heavy (non-hydrogen) atoms. The highest BCUT2D eigenvalue weighted by Gasteiger charge is 2.19. The fourth-order valence-electron chi connectivity index (χ4n) is 2.53. The van der Waals surface area contributed by atoms with E-state index in [0.717, 1.165) is 24.4 Å². The number of Topliss-reactive ketones (excluding diaryl/α,β-unsaturated/α-hetero) is 1. The van der Waals surface area contributed by atoms with Crippen molar-refractivity contribution in [3.8, 4) is 11.3 Å². The Morgan fingerprint density at radius 3 is 2.76 bits per heavy atom. The Balaban J connectivity index is 2.13. The lowest BCUT2D eigenvalue weighted by atomic mass is 10.1. The second-order valence-electron chi connectivity index (χ2n) is 4.65. The minimum atomic E-state index is 0.273. The Kier molecular flexibility index (Phi) is 2.36. The number of carbonyl (C=O) groups excluding carboxylic acids is 1. The molecule has 0 spiro atoms. The Hall–Kier alpha value is -1.83. The third kappa shape index (κ3) is 1.70. The van der Waals surface area contributed by atoms with Gasteiger partial charge in [-0.15, -0.1) is 0 Å². The van der Waals surface area contributed by atoms with Crippen LogP contribution in [0.1, 0.15) is 28.9 Å². The maximum Gasteiger partial charge on any atom is 0.179 e. The zero-order chi connectivity index (χ0) is 11.8. The predicted octanol–water partition coefficient (Wildman–Crippen LogP) is 3.44. The molecule has 2 heterocycles. The molecule has 1 aliphatic rings. The summed E-state index contributed by atoms with van der Waals surface area (Å²) in [5.41, 5.74) is 4.48. The summed E-state index contributed by atoms with van der Waals surface area (Å²) < 4.78 is 2.15. The van der Waals surface area contributed by atoms with Gasteiger partial charge in [0.2, 0.25) is 0 Å². The van der Waals surface area contributed by atoms with Crippen molar-refractivity contribution in [1.29, 1.82) is 0 Å². The summed E-state index contributed by atoms with van der Waals surface area (Å²) >= 11 is 0. The number of hydrogen-bond donors (Lipinski definition) is 0. The number of ketones is 1. The lowest BCUT2D eigenvalue weighted by Gasteiger charge is -2.17. The van der Waals surface area contributed by atoms with Crippen molar-refractivity contribution < 1.29 is 4.79 Å². The average Bonchev–Trinajstić information content (AvgIpc) is 2.74. The fraction of sp³-hybridized carbons (Fsp3) is 0.267. The van der Waals surface area contributed by atoms with E-state index in [0.29, 0.717) is 6.42 Å². The standard InChI is InChI=1S/C15H15NO/c1-11-4-2-5-12(10-11)13-7-8-14-15(17)6-3-9-16(13)14/h2,4-5,7-8,10H,3,6,9H2,1H3. The molecule has 86 valence electrons. The number of aryl methyl sites for hydroxylation is 1. The van der Waals surface area contributed by atoms with E-state index in [1.165, 1.54) is 11.1 Å². The van der Waals surface area contributed by atoms with Gasteiger partial charge >= 0.3 is 0 Å². The molecule has 0 radical (unpaired) electrons. The van der Waals surface area contributed by atoms with Crippen molar-refractivity contribution >= 4 is 5.78 Å². The summed E-state index contributed by atoms with van der Waals surface area (Å²) in [4.78, 5) is 11.8. The topological polar surface area (TPSA) is 22.0 Å². The van der Waals surface area contributed by atoms with Gasteiger partial charge in [-0.05, 0) is 37.1 Å². The summed E-state index contributed by atoms with van der Waals surface area (Å²) in [5.74, 6) is 0.273. The van der Waals surface area contributed by atoms with Crippen LogP contribution < -0.4 is 0 Å². The minimum Gasteiger partial charge on any atom is -0.338 e. The Labute approximate surface area is 101 Å². The smallest absolute Gasteiger partial charge is 0.179 e. The van der Waals surface area contributed by atoms with Gasteiger partial charge in [0.15, 0.2) is 5.78 Å². The Morgan fingerprint density at radius 1 is 1.12 bits per heavy atom. The molecule has 3 rings (SSSR count). The normalized spacial score (nSPS) is 14.8. The highest BCUT2D eigenvalue weighted by molar-refractivity contribution is 5.96. The molecule has 0 N–H and O–H groups in total. The second-order valence-corrected chi connectivity index (χ2v) is 4.65. The number of fused-ring (bicyclic) bond motifs is 1. The van der Waals surface area contributed by atoms with E-state index in [9.17, 15) is 4.79 Å². The SMILES string of the molecule is Cc1cccc(-c2ccc3n2CCCC3=O)c1. The lowest BCUT2D eigenvalue weighted by Crippen LogP contribution is -2.16. The number of carbonyl (C=O) groups is 1. The highest BCUT2D eigenvalue weighted by atomic mass is 16.1. The van der Waals surface area contributed by atoms with Crippen molar-refractivity contribution in [2.24, 2.45) is 0 Å². The number of nitrogens with zero attached hydrogens (tertiary/aromatic N) is 1. The van der Waals surface area contributed by atoms with Gasteiger partial charge in [-0.25, -0.2) is 0 Å². The average molecular weight is 225 g/mol. The van der Waals surface area contributed by atoms with Crippen LogP contribution in [-0.2, 0) is 6.54 Å². The van der Waals surface area contributed by atoms with E-state index >= 15 is 0 Å². The van der Waals surface area contributed by atoms with E-state index in [1.54, 1.807) is 0 Å². The fourth-order valence-corrected chi connectivity index (χ4v) is 2.53. The Bertz CT molecular complexity index is 580. The summed E-state index contributed by atoms with van der Waals surface area (Å²) in [6.45, 7) is 3.05. The van der Waals surface area contributed by atoms with Gasteiger partial charge in [-0.2, -0.15) is 0 Å². The number of rotatable bonds is 1. The van der Waals surface area contributed by atoms with E-state index in [1.807, 2.05) is 6.07 Å². The van der Waals surface area contributed by atoms with Crippen LogP contribution in [0.2, 0.25) is 0 Å². The largest absolute Gasteiger partial charge is 0.338 e. The molecule has 2 aromatic rings. The quantitative estimate of drug-likeness (QED) is 0.728. The third-order valence-corrected chi connectivity index (χ3v) is 3.37. The van der Waals surface area contributed by atoms with Gasteiger partial charge in [0.25, 0.3) is 0 Å². The van der Waals surface area contributed by atoms with Gasteiger partial charge in [-0.3, -0.25) is 4.79 Å². The van der Waals surface area contributed by atoms with Gasteiger partial charge in [0.1, 0.15) is 0 Å². The molecule has 0 amide bonds. The van der Waals surface area contributed by atoms with Crippen molar-refractivity contribution in [2.45, 2.75) is 26.3 Å². The molecule has 0 fully saturated rings. The first-order valence-corrected chi connectivity index (χ1v) is 6.05. The molecule has 0 atom stereocenters. The van der Waals surface area contributed by atoms with Crippen LogP contribution >= 0.6 is 0 Å². The number of aromatic nitrogens is 1. The monoisotopic (exact) mass is 225 g/mol. The van der Waals surface area contributed by atoms with E-state index in [-0.39, 0.29) is 5.78 Å². The molecule has 0 bridgehead atoms. The maximum absolute atomic E-state index is 11.8. The zero-order valence-electron chi connectivity index (χ0n) is 9.94. The van der Waals surface area contributed by atoms with Gasteiger partial charge < -0.3 is 4.57 Å². The maximum atomic E-state index is 11.8. The molecular formula is C15H15NO. The van der Waals surface area contributed by atoms with Crippen molar-refractivity contribution in [3.05, 3.63) is 47.7 Å². The second kappa shape index (κ2) is 3.88. The van der Waals surface area contributed by atoms with Gasteiger partial charge in [0, 0.05) is 18.7 Å². The summed E-state index contributed by atoms with van der Waals surface area (Å²) in [6, 6.07) is 12.5. The van der Waals surface area contributed by atoms with Crippen LogP contribution in [0.4, 0.5) is 0 Å². The molecule has 1 aliphatic heterocycles. The van der Waals surface area contributed by atoms with E-state index in [2.05, 4.69) is 41.8 Å². The number of hydrogen-bond acceptors (Lipinski definition) is 1. The molecule has 2 nitrogen and oxygen atoms in total. The number of benzene rings is 1. The van der Waals surface area contributed by atoms with Crippen LogP contribution in [0.15, 0.2) is 36.4 Å². The molecular weight excluding hydrogens is 210 g/mol. The first-order valence-electron chi connectivity index (χ1n) is 6.05. The minimum absolute atomic E-state index is 0.273. The highest BCUT2D eigenvalue weighted by Crippen LogP contribution is 2.27. The predicted molar refractivity (Wildman–Crippen MR) is 68.2 cm³/mol. The molecule has 1 aromatic carbocycles. The lowest BCUT2D eigenvalue weighted by molar-refractivity contribution is 0.0955. The van der Waals surface area contributed by atoms with E-state index in [4.69, 9.17) is 0 Å². The van der Waals surface area contributed by atoms with Crippen LogP contribution in [0, 0.1) is 6.92 Å². The summed E-state index contributed by atoms with van der Waals surface area (Å²) in [7, 11) is 0. The van der Waals surface area contributed by atoms with Crippen LogP contribution in [0.25, 0.3) is 11.3 Å². The van der Waals surface area contributed by atoms with Crippen LogP contribution in [-0.4, -0.2) is 10.4 Å². The van der Waals surface area contributed by atoms with Gasteiger partial charge in [-0.1, -0.05) is 23.8 Å². The van der Waals surface area contributed by atoms with Crippen molar-refractivity contribution in [2.75, 3.05) is 0 Å². The van der Waals surface area contributed by atoms with Crippen molar-refractivity contribution in [3.63, 3.8) is 0 Å². The molecule has 1 aromatic heterocycles. The van der Waals surface area contributed by atoms with Crippen molar-refractivity contribution in [1.82, 2.24) is 4.57 Å². The molecule has 0 saturated heterocycles.